The quantitative estimate of drug-likeness (QED) is 0.159. The monoisotopic (exact) mass is 741 g/mol. The first kappa shape index (κ1) is 33.2. The molecule has 8 aromatic carbocycles. The van der Waals surface area contributed by atoms with Gasteiger partial charge in [-0.05, 0) is 65.2 Å². The third-order valence-electron chi connectivity index (χ3n) is 10.9. The Morgan fingerprint density at radius 1 is 0.397 bits per heavy atom. The van der Waals surface area contributed by atoms with Crippen molar-refractivity contribution in [2.24, 2.45) is 0 Å². The summed E-state index contributed by atoms with van der Waals surface area (Å²) in [5.41, 5.74) is 12.1. The Bertz CT molecular complexity index is 3410. The molecule has 0 atom stereocenters. The molecule has 0 amide bonds. The number of hydrogen-bond acceptors (Lipinski definition) is 4. The molecule has 270 valence electrons. The van der Waals surface area contributed by atoms with Gasteiger partial charge in [-0.2, -0.15) is 0 Å². The highest BCUT2D eigenvalue weighted by atomic mass is 16.3. The molecule has 6 nitrogen and oxygen atoms in total. The second-order valence-corrected chi connectivity index (χ2v) is 14.3. The van der Waals surface area contributed by atoms with Gasteiger partial charge in [-0.15, -0.1) is 0 Å². The van der Waals surface area contributed by atoms with Crippen molar-refractivity contribution in [3.8, 4) is 62.1 Å². The van der Waals surface area contributed by atoms with E-state index in [1.807, 2.05) is 54.6 Å². The summed E-state index contributed by atoms with van der Waals surface area (Å²) in [7, 11) is 0. The zero-order valence-electron chi connectivity index (χ0n) is 31.0. The SMILES string of the molecule is [C-]#[N+]c1cccc2c1oc1c(-c3cccc(-c4cccc(-c5nc(-c6ccccc6)nc(-c6ccc7c(c6)c6ccccc6n7-c6ccccc6)n5)c4)c3)cccc12. The van der Waals surface area contributed by atoms with Gasteiger partial charge in [0.1, 0.15) is 11.2 Å². The van der Waals surface area contributed by atoms with Crippen molar-refractivity contribution in [1.29, 1.82) is 0 Å². The number of rotatable bonds is 6. The van der Waals surface area contributed by atoms with Crippen molar-refractivity contribution in [1.82, 2.24) is 19.5 Å². The van der Waals surface area contributed by atoms with Crippen LogP contribution in [0.4, 0.5) is 5.69 Å². The standard InChI is InChI=1S/C52H31N5O/c1-53-45-26-13-25-43-42-24-12-23-40(48(42)58-49(43)45)36-18-10-16-34(30-36)35-17-11-19-37(31-35)51-54-50(33-14-4-2-5-15-33)55-52(56-51)38-28-29-47-44(32-38)41-22-8-9-27-46(41)57(47)39-20-6-3-7-21-39/h2-32H. The summed E-state index contributed by atoms with van der Waals surface area (Å²) >= 11 is 0. The minimum atomic E-state index is 0.512. The zero-order chi connectivity index (χ0) is 38.6. The van der Waals surface area contributed by atoms with Crippen LogP contribution in [0.25, 0.3) is 111 Å². The summed E-state index contributed by atoms with van der Waals surface area (Å²) in [4.78, 5) is 19.0. The Kier molecular flexibility index (Phi) is 7.76. The highest BCUT2D eigenvalue weighted by Gasteiger charge is 2.18. The van der Waals surface area contributed by atoms with E-state index in [0.717, 1.165) is 77.4 Å². The maximum atomic E-state index is 7.67. The molecule has 3 heterocycles. The molecule has 0 aliphatic heterocycles. The maximum Gasteiger partial charge on any atom is 0.229 e. The van der Waals surface area contributed by atoms with E-state index < -0.39 is 0 Å². The molecule has 3 aromatic heterocycles. The molecule has 0 saturated heterocycles. The van der Waals surface area contributed by atoms with Crippen LogP contribution in [-0.4, -0.2) is 19.5 Å². The first-order valence-corrected chi connectivity index (χ1v) is 19.1. The number of hydrogen-bond donors (Lipinski definition) is 0. The molecular weight excluding hydrogens is 711 g/mol. The number of aromatic nitrogens is 4. The van der Waals surface area contributed by atoms with Crippen LogP contribution in [0.15, 0.2) is 192 Å². The van der Waals surface area contributed by atoms with E-state index in [1.165, 1.54) is 5.39 Å². The Hall–Kier alpha value is -8.14. The van der Waals surface area contributed by atoms with Gasteiger partial charge in [0.05, 0.1) is 17.6 Å². The minimum absolute atomic E-state index is 0.512. The van der Waals surface area contributed by atoms with Crippen molar-refractivity contribution in [3.05, 3.63) is 199 Å². The fourth-order valence-corrected chi connectivity index (χ4v) is 8.14. The topological polar surface area (TPSA) is 61.1 Å². The van der Waals surface area contributed by atoms with E-state index >= 15 is 0 Å². The average Bonchev–Trinajstić information content (AvgIpc) is 3.85. The predicted molar refractivity (Wildman–Crippen MR) is 235 cm³/mol. The van der Waals surface area contributed by atoms with E-state index in [9.17, 15) is 0 Å². The third-order valence-corrected chi connectivity index (χ3v) is 10.9. The van der Waals surface area contributed by atoms with Crippen LogP contribution in [0, 0.1) is 6.57 Å². The summed E-state index contributed by atoms with van der Waals surface area (Å²) in [6, 6.07) is 64.3. The molecule has 0 N–H and O–H groups in total. The molecule has 0 radical (unpaired) electrons. The predicted octanol–water partition coefficient (Wildman–Crippen LogP) is 13.8. The van der Waals surface area contributed by atoms with Crippen LogP contribution in [0.3, 0.4) is 0 Å². The first-order valence-electron chi connectivity index (χ1n) is 19.1. The molecule has 11 aromatic rings. The van der Waals surface area contributed by atoms with Gasteiger partial charge >= 0.3 is 0 Å². The Labute approximate surface area is 333 Å². The fraction of sp³-hybridized carbons (Fsp3) is 0. The lowest BCUT2D eigenvalue weighted by atomic mass is 9.96. The molecule has 0 aliphatic carbocycles. The van der Waals surface area contributed by atoms with E-state index in [1.54, 1.807) is 6.07 Å². The van der Waals surface area contributed by atoms with E-state index in [-0.39, 0.29) is 0 Å². The van der Waals surface area contributed by atoms with Crippen molar-refractivity contribution in [2.45, 2.75) is 0 Å². The van der Waals surface area contributed by atoms with E-state index in [4.69, 9.17) is 25.9 Å². The fourth-order valence-electron chi connectivity index (χ4n) is 8.14. The normalized spacial score (nSPS) is 11.4. The summed E-state index contributed by atoms with van der Waals surface area (Å²) in [5, 5.41) is 4.23. The van der Waals surface area contributed by atoms with Gasteiger partial charge in [0.25, 0.3) is 0 Å². The lowest BCUT2D eigenvalue weighted by molar-refractivity contribution is 0.672. The summed E-state index contributed by atoms with van der Waals surface area (Å²) < 4.78 is 8.72. The lowest BCUT2D eigenvalue weighted by Gasteiger charge is -2.11. The smallest absolute Gasteiger partial charge is 0.229 e. The Morgan fingerprint density at radius 2 is 0.931 bits per heavy atom. The van der Waals surface area contributed by atoms with Gasteiger partial charge in [0.2, 0.25) is 5.69 Å². The highest BCUT2D eigenvalue weighted by molar-refractivity contribution is 6.13. The van der Waals surface area contributed by atoms with Gasteiger partial charge in [0, 0.05) is 49.5 Å². The van der Waals surface area contributed by atoms with Crippen LogP contribution >= 0.6 is 0 Å². The van der Waals surface area contributed by atoms with E-state index in [0.29, 0.717) is 28.7 Å². The van der Waals surface area contributed by atoms with Crippen LogP contribution < -0.4 is 0 Å². The van der Waals surface area contributed by atoms with Crippen LogP contribution in [0.5, 0.6) is 0 Å². The second-order valence-electron chi connectivity index (χ2n) is 14.3. The van der Waals surface area contributed by atoms with Crippen molar-refractivity contribution >= 4 is 49.4 Å². The maximum absolute atomic E-state index is 7.67. The Morgan fingerprint density at radius 3 is 1.69 bits per heavy atom. The van der Waals surface area contributed by atoms with Crippen LogP contribution in [0.2, 0.25) is 0 Å². The largest absolute Gasteiger partial charge is 0.466 e. The molecule has 0 saturated carbocycles. The van der Waals surface area contributed by atoms with Crippen molar-refractivity contribution in [3.63, 3.8) is 0 Å². The second kappa shape index (κ2) is 13.6. The summed E-state index contributed by atoms with van der Waals surface area (Å²) in [6.07, 6.45) is 0. The highest BCUT2D eigenvalue weighted by Crippen LogP contribution is 2.41. The first-order chi connectivity index (χ1) is 28.7. The molecule has 0 aliphatic rings. The number of fused-ring (bicyclic) bond motifs is 6. The van der Waals surface area contributed by atoms with Crippen LogP contribution in [-0.2, 0) is 0 Å². The average molecular weight is 742 g/mol. The zero-order valence-corrected chi connectivity index (χ0v) is 31.0. The van der Waals surface area contributed by atoms with E-state index in [2.05, 4.69) is 137 Å². The van der Waals surface area contributed by atoms with Crippen molar-refractivity contribution < 1.29 is 4.42 Å². The van der Waals surface area contributed by atoms with Gasteiger partial charge in [-0.3, -0.25) is 0 Å². The minimum Gasteiger partial charge on any atom is -0.466 e. The van der Waals surface area contributed by atoms with Gasteiger partial charge in [-0.25, -0.2) is 19.8 Å². The molecule has 58 heavy (non-hydrogen) atoms. The number of benzene rings is 8. The number of para-hydroxylation sites is 4. The molecule has 0 fully saturated rings. The molecule has 0 unspecified atom stereocenters. The van der Waals surface area contributed by atoms with Gasteiger partial charge < -0.3 is 8.98 Å². The number of nitrogens with zero attached hydrogens (tertiary/aromatic N) is 5. The molecule has 6 heteroatoms. The van der Waals surface area contributed by atoms with Crippen molar-refractivity contribution in [2.75, 3.05) is 0 Å². The summed E-state index contributed by atoms with van der Waals surface area (Å²) in [5.74, 6) is 1.81. The molecule has 11 rings (SSSR count). The Balaban J connectivity index is 1.03. The third kappa shape index (κ3) is 5.53. The summed E-state index contributed by atoms with van der Waals surface area (Å²) in [6.45, 7) is 7.67. The van der Waals surface area contributed by atoms with Gasteiger partial charge in [0.15, 0.2) is 17.5 Å². The van der Waals surface area contributed by atoms with Crippen LogP contribution in [0.1, 0.15) is 0 Å². The molecular formula is C52H31N5O. The number of furan rings is 1. The van der Waals surface area contributed by atoms with Gasteiger partial charge in [-0.1, -0.05) is 140 Å². The molecule has 0 bridgehead atoms. The molecule has 0 spiro atoms. The lowest BCUT2D eigenvalue weighted by Crippen LogP contribution is -2.00.